The van der Waals surface area contributed by atoms with Crippen LogP contribution in [0, 0.1) is 0 Å². The van der Waals surface area contributed by atoms with Gasteiger partial charge in [0.2, 0.25) is 5.92 Å². The Hall–Kier alpha value is -2.21. The van der Waals surface area contributed by atoms with Gasteiger partial charge in [-0.15, -0.1) is 8.94 Å². The first-order chi connectivity index (χ1) is 17.9. The van der Waals surface area contributed by atoms with Crippen LogP contribution >= 0.6 is 0 Å². The maximum Gasteiger partial charge on any atom is 0.248 e. The zero-order chi connectivity index (χ0) is 26.5. The van der Waals surface area contributed by atoms with Crippen molar-refractivity contribution in [2.45, 2.75) is 51.2 Å². The molecule has 7 nitrogen and oxygen atoms in total. The third-order valence-corrected chi connectivity index (χ3v) is 7.00. The molecule has 1 fully saturated rings. The molecule has 0 radical (unpaired) electrons. The second-order valence-corrected chi connectivity index (χ2v) is 10.0. The quantitative estimate of drug-likeness (QED) is 0.476. The Labute approximate surface area is 230 Å². The molecule has 1 saturated heterocycles. The van der Waals surface area contributed by atoms with Crippen molar-refractivity contribution < 1.29 is 8.78 Å². The summed E-state index contributed by atoms with van der Waals surface area (Å²) in [5.41, 5.74) is 3.50. The molecule has 2 heterocycles. The minimum absolute atomic E-state index is 0.160. The van der Waals surface area contributed by atoms with E-state index in [0.29, 0.717) is 39.0 Å². The Morgan fingerprint density at radius 3 is 1.97 bits per heavy atom. The highest BCUT2D eigenvalue weighted by molar-refractivity contribution is 7.47. The first-order valence-electron chi connectivity index (χ1n) is 12.8. The van der Waals surface area contributed by atoms with Crippen molar-refractivity contribution in [3.8, 4) is 0 Å². The molecule has 202 valence electrons. The first-order valence-corrected chi connectivity index (χ1v) is 13.5. The first kappa shape index (κ1) is 29.3. The van der Waals surface area contributed by atoms with E-state index in [-0.39, 0.29) is 12.8 Å². The fraction of sp³-hybridized carbons (Fsp3) is 0.577. The van der Waals surface area contributed by atoms with Crippen LogP contribution in [0.2, 0.25) is 0 Å². The molecule has 0 spiro atoms. The van der Waals surface area contributed by atoms with Gasteiger partial charge < -0.3 is 0 Å². The summed E-state index contributed by atoms with van der Waals surface area (Å²) in [5.74, 6) is -2.68. The van der Waals surface area contributed by atoms with Crippen LogP contribution in [0.1, 0.15) is 42.5 Å². The molecule has 37 heavy (non-hydrogen) atoms. The largest absolute Gasteiger partial charge is 0.296 e. The Kier molecular flexibility index (Phi) is 12.1. The summed E-state index contributed by atoms with van der Waals surface area (Å²) >= 11 is 9.83. The van der Waals surface area contributed by atoms with Gasteiger partial charge in [-0.05, 0) is 43.1 Å². The van der Waals surface area contributed by atoms with E-state index >= 15 is 0 Å². The molecular weight excluding hydrogens is 512 g/mol. The molecular formula is C26H37F2N7S2. The van der Waals surface area contributed by atoms with E-state index < -0.39 is 5.92 Å². The molecule has 2 aromatic rings. The highest BCUT2D eigenvalue weighted by atomic mass is 32.1. The molecule has 1 aromatic carbocycles. The van der Waals surface area contributed by atoms with Crippen LogP contribution in [0.3, 0.4) is 0 Å². The average Bonchev–Trinajstić information content (AvgIpc) is 2.88. The molecule has 0 saturated carbocycles. The van der Waals surface area contributed by atoms with Crippen molar-refractivity contribution in [3.63, 3.8) is 0 Å². The van der Waals surface area contributed by atoms with Crippen LogP contribution in [0.4, 0.5) is 8.78 Å². The number of hydrogen-bond donors (Lipinski definition) is 0. The minimum atomic E-state index is -2.68. The maximum absolute atomic E-state index is 14.2. The minimum Gasteiger partial charge on any atom is -0.296 e. The third kappa shape index (κ3) is 11.0. The zero-order valence-corrected chi connectivity index (χ0v) is 23.1. The van der Waals surface area contributed by atoms with Gasteiger partial charge in [0.25, 0.3) is 0 Å². The number of nitrogens with zero attached hydrogens (tertiary/aromatic N) is 7. The van der Waals surface area contributed by atoms with Crippen molar-refractivity contribution in [2.24, 2.45) is 8.94 Å². The van der Waals surface area contributed by atoms with Crippen molar-refractivity contribution in [1.29, 1.82) is 0 Å². The zero-order valence-electron chi connectivity index (χ0n) is 21.5. The molecule has 1 aromatic heterocycles. The number of alkyl halides is 2. The van der Waals surface area contributed by atoms with E-state index in [2.05, 4.69) is 55.0 Å². The second-order valence-electron chi connectivity index (χ2n) is 9.72. The summed E-state index contributed by atoms with van der Waals surface area (Å²) in [7, 11) is 2.09. The third-order valence-electron chi connectivity index (χ3n) is 6.54. The van der Waals surface area contributed by atoms with E-state index in [1.165, 1.54) is 11.1 Å². The lowest BCUT2D eigenvalue weighted by Gasteiger charge is -2.29. The van der Waals surface area contributed by atoms with Gasteiger partial charge in [0.15, 0.2) is 0 Å². The highest BCUT2D eigenvalue weighted by Gasteiger charge is 2.28. The summed E-state index contributed by atoms with van der Waals surface area (Å²) in [6.45, 7) is 5.91. The topological polar surface area (TPSA) is 50.6 Å². The van der Waals surface area contributed by atoms with Gasteiger partial charge in [-0.2, -0.15) is 0 Å². The molecule has 3 rings (SSSR count). The molecule has 0 aliphatic carbocycles. The Morgan fingerprint density at radius 1 is 0.838 bits per heavy atom. The van der Waals surface area contributed by atoms with Gasteiger partial charge in [-0.1, -0.05) is 30.3 Å². The molecule has 0 unspecified atom stereocenters. The number of halogens is 2. The summed E-state index contributed by atoms with van der Waals surface area (Å²) in [6, 6.07) is 14.7. The van der Waals surface area contributed by atoms with Crippen molar-refractivity contribution in [2.75, 3.05) is 46.3 Å². The summed E-state index contributed by atoms with van der Waals surface area (Å²) < 4.78 is 36.1. The molecule has 11 heteroatoms. The van der Waals surface area contributed by atoms with Crippen molar-refractivity contribution in [1.82, 2.24) is 24.8 Å². The van der Waals surface area contributed by atoms with Crippen LogP contribution in [0.15, 0.2) is 57.6 Å². The maximum atomic E-state index is 14.2. The molecule has 0 N–H and O–H groups in total. The second kappa shape index (κ2) is 15.3. The predicted octanol–water partition coefficient (Wildman–Crippen LogP) is 4.62. The van der Waals surface area contributed by atoms with Crippen LogP contribution in [0.5, 0.6) is 0 Å². The SMILES string of the molecule is CN(Cc1ccc(CN2CCN(N=S)CCCC(F)(F)CCCN(N=S)CC2)cc1)Cc1ccccn1. The molecule has 0 bridgehead atoms. The molecule has 1 aliphatic rings. The van der Waals surface area contributed by atoms with Crippen LogP contribution < -0.4 is 0 Å². The lowest BCUT2D eigenvalue weighted by molar-refractivity contribution is -0.0239. The normalized spacial score (nSPS) is 18.4. The predicted molar refractivity (Wildman–Crippen MR) is 147 cm³/mol. The number of hydrogen-bond acceptors (Lipinski definition) is 7. The number of pyridine rings is 1. The summed E-state index contributed by atoms with van der Waals surface area (Å²) in [4.78, 5) is 8.97. The fourth-order valence-corrected chi connectivity index (χ4v) is 4.81. The van der Waals surface area contributed by atoms with Gasteiger partial charge in [-0.3, -0.25) is 24.8 Å². The van der Waals surface area contributed by atoms with Crippen LogP contribution in [-0.2, 0) is 44.5 Å². The van der Waals surface area contributed by atoms with Gasteiger partial charge in [-0.25, -0.2) is 8.78 Å². The van der Waals surface area contributed by atoms with Gasteiger partial charge in [0, 0.05) is 77.9 Å². The molecule has 1 aliphatic heterocycles. The van der Waals surface area contributed by atoms with E-state index in [0.717, 1.165) is 38.4 Å². The van der Waals surface area contributed by atoms with E-state index in [1.807, 2.05) is 24.4 Å². The smallest absolute Gasteiger partial charge is 0.248 e. The van der Waals surface area contributed by atoms with Gasteiger partial charge >= 0.3 is 0 Å². The van der Waals surface area contributed by atoms with Crippen molar-refractivity contribution >= 4 is 24.9 Å². The lowest BCUT2D eigenvalue weighted by atomic mass is 10.1. The van der Waals surface area contributed by atoms with E-state index in [9.17, 15) is 8.78 Å². The molecule has 0 amide bonds. The van der Waals surface area contributed by atoms with E-state index in [1.54, 1.807) is 10.0 Å². The number of rotatable bonds is 8. The fourth-order valence-electron chi connectivity index (χ4n) is 4.48. The lowest BCUT2D eigenvalue weighted by Crippen LogP contribution is -2.38. The number of benzene rings is 1. The average molecular weight is 550 g/mol. The van der Waals surface area contributed by atoms with E-state index in [4.69, 9.17) is 24.9 Å². The Bertz CT molecular complexity index is 922. The van der Waals surface area contributed by atoms with Crippen LogP contribution in [-0.4, -0.2) is 77.0 Å². The molecule has 0 atom stereocenters. The highest BCUT2D eigenvalue weighted by Crippen LogP contribution is 2.26. The van der Waals surface area contributed by atoms with Crippen LogP contribution in [0.25, 0.3) is 0 Å². The van der Waals surface area contributed by atoms with Gasteiger partial charge in [0.05, 0.1) is 30.5 Å². The Morgan fingerprint density at radius 2 is 1.43 bits per heavy atom. The van der Waals surface area contributed by atoms with Crippen molar-refractivity contribution in [3.05, 3.63) is 65.5 Å². The number of aromatic nitrogens is 1. The standard InChI is InChI=1S/C26H37F2N7S2/c1-32(22-25-6-2-3-13-29-25)20-23-7-9-24(10-8-23)21-33-16-18-34(30-36)14-4-11-26(27,28)12-5-15-35(31-37)19-17-33/h2-3,6-10,13H,4-5,11-12,14-22H2,1H3. The summed E-state index contributed by atoms with van der Waals surface area (Å²) in [5, 5.41) is 3.44. The monoisotopic (exact) mass is 549 g/mol. The summed E-state index contributed by atoms with van der Waals surface area (Å²) in [6.07, 6.45) is 2.22. The Balaban J connectivity index is 1.59. The van der Waals surface area contributed by atoms with Gasteiger partial charge in [0.1, 0.15) is 0 Å².